The molecule has 0 aliphatic carbocycles. The second-order valence-corrected chi connectivity index (χ2v) is 5.97. The third-order valence-corrected chi connectivity index (χ3v) is 3.66. The molecule has 1 fully saturated rings. The summed E-state index contributed by atoms with van der Waals surface area (Å²) in [5.74, 6) is -0.161. The normalized spacial score (nSPS) is 18.7. The average Bonchev–Trinajstić information content (AvgIpc) is 2.49. The lowest BCUT2D eigenvalue weighted by Crippen LogP contribution is -2.42. The Hall–Kier alpha value is -0.750. The van der Waals surface area contributed by atoms with Gasteiger partial charge in [0.2, 0.25) is 11.8 Å². The average molecular weight is 289 g/mol. The van der Waals surface area contributed by atoms with Crippen LogP contribution in [0.2, 0.25) is 0 Å². The second kappa shape index (κ2) is 4.02. The summed E-state index contributed by atoms with van der Waals surface area (Å²) in [6.07, 6.45) is 2.43. The van der Waals surface area contributed by atoms with E-state index in [1.807, 2.05) is 6.92 Å². The maximum Gasteiger partial charge on any atom is 0.235 e. The molecule has 1 saturated heterocycles. The third-order valence-electron chi connectivity index (χ3n) is 2.20. The number of carbonyl (C=O) groups excluding carboxylic acids is 2. The van der Waals surface area contributed by atoms with Gasteiger partial charge in [0.15, 0.2) is 5.13 Å². The minimum absolute atomic E-state index is 0.143. The van der Waals surface area contributed by atoms with E-state index in [9.17, 15) is 9.59 Å². The summed E-state index contributed by atoms with van der Waals surface area (Å²) in [5.41, 5.74) is 0. The van der Waals surface area contributed by atoms with Crippen molar-refractivity contribution in [3.63, 3.8) is 0 Å². The number of nitrogens with zero attached hydrogens (tertiary/aromatic N) is 2. The number of rotatable bonds is 1. The lowest BCUT2D eigenvalue weighted by Gasteiger charge is -2.25. The van der Waals surface area contributed by atoms with E-state index in [4.69, 9.17) is 0 Å². The molecule has 0 N–H and O–H groups in total. The van der Waals surface area contributed by atoms with Crippen LogP contribution in [-0.2, 0) is 9.59 Å². The van der Waals surface area contributed by atoms with Gasteiger partial charge in [-0.25, -0.2) is 9.88 Å². The monoisotopic (exact) mass is 288 g/mol. The van der Waals surface area contributed by atoms with Crippen LogP contribution in [0.1, 0.15) is 19.8 Å². The van der Waals surface area contributed by atoms with Gasteiger partial charge >= 0.3 is 0 Å². The summed E-state index contributed by atoms with van der Waals surface area (Å²) < 4.78 is 0.816. The lowest BCUT2D eigenvalue weighted by atomic mass is 9.98. The number of thiazole rings is 1. The molecule has 0 atom stereocenters. The molecule has 1 aromatic heterocycles. The quantitative estimate of drug-likeness (QED) is 0.745. The largest absolute Gasteiger partial charge is 0.274 e. The highest BCUT2D eigenvalue weighted by Crippen LogP contribution is 2.30. The minimum atomic E-state index is -0.152. The van der Waals surface area contributed by atoms with E-state index in [0.717, 1.165) is 3.79 Å². The van der Waals surface area contributed by atoms with Crippen LogP contribution in [-0.4, -0.2) is 16.8 Å². The molecule has 2 rings (SSSR count). The molecule has 0 aromatic carbocycles. The summed E-state index contributed by atoms with van der Waals surface area (Å²) in [5, 5.41) is 0.462. The van der Waals surface area contributed by atoms with E-state index >= 15 is 0 Å². The summed E-state index contributed by atoms with van der Waals surface area (Å²) in [4.78, 5) is 28.6. The van der Waals surface area contributed by atoms with E-state index in [1.165, 1.54) is 16.2 Å². The van der Waals surface area contributed by atoms with Gasteiger partial charge in [-0.3, -0.25) is 9.59 Å². The van der Waals surface area contributed by atoms with Crippen molar-refractivity contribution in [2.45, 2.75) is 19.8 Å². The van der Waals surface area contributed by atoms with Crippen molar-refractivity contribution in [2.75, 3.05) is 4.90 Å². The topological polar surface area (TPSA) is 50.3 Å². The highest BCUT2D eigenvalue weighted by atomic mass is 79.9. The van der Waals surface area contributed by atoms with Crippen molar-refractivity contribution < 1.29 is 9.59 Å². The zero-order valence-corrected chi connectivity index (χ0v) is 10.5. The molecule has 2 heterocycles. The van der Waals surface area contributed by atoms with Gasteiger partial charge in [-0.05, 0) is 21.8 Å². The van der Waals surface area contributed by atoms with Crippen molar-refractivity contribution in [3.05, 3.63) is 9.98 Å². The number of hydrogen-bond acceptors (Lipinski definition) is 4. The fraction of sp³-hybridized carbons (Fsp3) is 0.444. The zero-order valence-electron chi connectivity index (χ0n) is 8.07. The van der Waals surface area contributed by atoms with Crippen molar-refractivity contribution >= 4 is 44.2 Å². The summed E-state index contributed by atoms with van der Waals surface area (Å²) in [6.45, 7) is 1.91. The number of carbonyl (C=O) groups is 2. The van der Waals surface area contributed by atoms with Crippen molar-refractivity contribution in [3.8, 4) is 0 Å². The number of imide groups is 1. The highest BCUT2D eigenvalue weighted by Gasteiger charge is 2.33. The first-order chi connectivity index (χ1) is 7.08. The summed E-state index contributed by atoms with van der Waals surface area (Å²) >= 11 is 4.55. The molecule has 6 heteroatoms. The molecular formula is C9H9BrN2O2S. The molecule has 80 valence electrons. The Balaban J connectivity index is 2.28. The minimum Gasteiger partial charge on any atom is -0.274 e. The molecule has 15 heavy (non-hydrogen) atoms. The number of piperidine rings is 1. The first-order valence-electron chi connectivity index (χ1n) is 4.55. The summed E-state index contributed by atoms with van der Waals surface area (Å²) in [6, 6.07) is 0. The molecule has 0 unspecified atom stereocenters. The first-order valence-corrected chi connectivity index (χ1v) is 6.16. The van der Waals surface area contributed by atoms with Crippen LogP contribution in [0.4, 0.5) is 5.13 Å². The Kier molecular flexibility index (Phi) is 2.88. The molecule has 4 nitrogen and oxygen atoms in total. The van der Waals surface area contributed by atoms with Crippen LogP contribution >= 0.6 is 27.3 Å². The SMILES string of the molecule is CC1CC(=O)N(c2ncc(Br)s2)C(=O)C1. The van der Waals surface area contributed by atoms with Crippen LogP contribution in [0.5, 0.6) is 0 Å². The van der Waals surface area contributed by atoms with Gasteiger partial charge in [0.25, 0.3) is 0 Å². The number of aromatic nitrogens is 1. The van der Waals surface area contributed by atoms with Gasteiger partial charge in [0.1, 0.15) is 0 Å². The number of halogens is 1. The molecule has 0 spiro atoms. The smallest absolute Gasteiger partial charge is 0.235 e. The van der Waals surface area contributed by atoms with Gasteiger partial charge in [-0.15, -0.1) is 0 Å². The Labute approximate surface area is 99.4 Å². The molecule has 0 bridgehead atoms. The second-order valence-electron chi connectivity index (χ2n) is 3.58. The van der Waals surface area contributed by atoms with E-state index < -0.39 is 0 Å². The number of anilines is 1. The van der Waals surface area contributed by atoms with Gasteiger partial charge in [-0.2, -0.15) is 0 Å². The van der Waals surface area contributed by atoms with Gasteiger partial charge < -0.3 is 0 Å². The van der Waals surface area contributed by atoms with Crippen LogP contribution in [0.15, 0.2) is 9.98 Å². The third kappa shape index (κ3) is 2.10. The predicted octanol–water partition coefficient (Wildman–Crippen LogP) is 2.20. The molecule has 2 amide bonds. The maximum atomic E-state index is 11.7. The van der Waals surface area contributed by atoms with E-state index in [0.29, 0.717) is 18.0 Å². The first kappa shape index (κ1) is 10.8. The van der Waals surface area contributed by atoms with Crippen molar-refractivity contribution in [2.24, 2.45) is 5.92 Å². The maximum absolute atomic E-state index is 11.7. The van der Waals surface area contributed by atoms with E-state index in [-0.39, 0.29) is 17.7 Å². The van der Waals surface area contributed by atoms with Crippen molar-refractivity contribution in [1.82, 2.24) is 4.98 Å². The summed E-state index contributed by atoms with van der Waals surface area (Å²) in [7, 11) is 0. The fourth-order valence-corrected chi connectivity index (χ4v) is 2.77. The molecular weight excluding hydrogens is 280 g/mol. The molecule has 0 saturated carbocycles. The fourth-order valence-electron chi connectivity index (χ4n) is 1.55. The highest BCUT2D eigenvalue weighted by molar-refractivity contribution is 9.11. The Morgan fingerprint density at radius 1 is 1.47 bits per heavy atom. The van der Waals surface area contributed by atoms with E-state index in [1.54, 1.807) is 6.20 Å². The van der Waals surface area contributed by atoms with Crippen molar-refractivity contribution in [1.29, 1.82) is 0 Å². The predicted molar refractivity (Wildman–Crippen MR) is 60.7 cm³/mol. The van der Waals surface area contributed by atoms with Gasteiger partial charge in [0, 0.05) is 12.8 Å². The standard InChI is InChI=1S/C9H9BrN2O2S/c1-5-2-7(13)12(8(14)3-5)9-11-4-6(10)15-9/h4-5H,2-3H2,1H3. The lowest BCUT2D eigenvalue weighted by molar-refractivity contribution is -0.130. The molecule has 1 aromatic rings. The van der Waals surface area contributed by atoms with Crippen LogP contribution in [0.25, 0.3) is 0 Å². The molecule has 0 radical (unpaired) electrons. The number of amides is 2. The Bertz CT molecular complexity index is 400. The Morgan fingerprint density at radius 3 is 2.53 bits per heavy atom. The number of hydrogen-bond donors (Lipinski definition) is 0. The van der Waals surface area contributed by atoms with Crippen LogP contribution < -0.4 is 4.90 Å². The molecule has 1 aliphatic rings. The van der Waals surface area contributed by atoms with Gasteiger partial charge in [0.05, 0.1) is 9.98 Å². The van der Waals surface area contributed by atoms with Crippen LogP contribution in [0.3, 0.4) is 0 Å². The zero-order chi connectivity index (χ0) is 11.0. The van der Waals surface area contributed by atoms with Crippen LogP contribution in [0, 0.1) is 5.92 Å². The van der Waals surface area contributed by atoms with E-state index in [2.05, 4.69) is 20.9 Å². The molecule has 1 aliphatic heterocycles. The Morgan fingerprint density at radius 2 is 2.07 bits per heavy atom. The van der Waals surface area contributed by atoms with Gasteiger partial charge in [-0.1, -0.05) is 18.3 Å².